The largest absolute Gasteiger partial charge is 0.458 e. The van der Waals surface area contributed by atoms with E-state index < -0.39 is 28.7 Å². The lowest BCUT2D eigenvalue weighted by Gasteiger charge is -2.61. The molecule has 7 nitrogen and oxygen atoms in total. The van der Waals surface area contributed by atoms with Gasteiger partial charge in [-0.2, -0.15) is 0 Å². The minimum Gasteiger partial charge on any atom is -0.458 e. The van der Waals surface area contributed by atoms with E-state index in [1.165, 1.54) is 6.08 Å². The summed E-state index contributed by atoms with van der Waals surface area (Å²) in [6, 6.07) is 0. The Morgan fingerprint density at radius 2 is 1.94 bits per heavy atom. The Balaban J connectivity index is 1.31. The van der Waals surface area contributed by atoms with E-state index in [1.54, 1.807) is 12.2 Å². The topological polar surface area (TPSA) is 117 Å². The highest BCUT2D eigenvalue weighted by Gasteiger charge is 2.82. The Labute approximate surface area is 200 Å². The molecule has 4 aliphatic carbocycles. The number of allylic oxidation sites excluding steroid dienone is 1. The van der Waals surface area contributed by atoms with E-state index in [-0.39, 0.29) is 53.7 Å². The number of epoxide rings is 1. The molecule has 0 aromatic heterocycles. The van der Waals surface area contributed by atoms with E-state index >= 15 is 0 Å². The third kappa shape index (κ3) is 2.47. The van der Waals surface area contributed by atoms with Crippen molar-refractivity contribution in [1.82, 2.24) is 0 Å². The van der Waals surface area contributed by atoms with Gasteiger partial charge >= 0.3 is 5.97 Å². The Morgan fingerprint density at radius 3 is 2.65 bits per heavy atom. The molecule has 0 unspecified atom stereocenters. The standard InChI is InChI=1S/C27H36O7/c1-14(19-5-4-15(13-28)23(31)33-19)16-9-11-26(32)18-12-22-27(34-22)21(30)7-6-20(29)25(27,3)17(18)8-10-24(16,26)2/h4,6-7,14,16-19,21-22,28,30,32H,5,8-13H2,1-3H3/t14-,16+,17-,18+,19+,21-,22+,24+,25-,26+,27+/m0/s1. The smallest absolute Gasteiger partial charge is 0.336 e. The predicted octanol–water partition coefficient (Wildman–Crippen LogP) is 2.08. The van der Waals surface area contributed by atoms with Gasteiger partial charge in [-0.05, 0) is 80.3 Å². The van der Waals surface area contributed by atoms with Crippen molar-refractivity contribution >= 4 is 11.8 Å². The van der Waals surface area contributed by atoms with Crippen LogP contribution in [0.15, 0.2) is 23.8 Å². The van der Waals surface area contributed by atoms with Crippen molar-refractivity contribution in [2.45, 2.75) is 88.8 Å². The molecule has 0 aromatic carbocycles. The fourth-order valence-electron chi connectivity index (χ4n) is 9.35. The second kappa shape index (κ2) is 7.02. The highest BCUT2D eigenvalue weighted by Crippen LogP contribution is 2.74. The van der Waals surface area contributed by atoms with Crippen LogP contribution in [-0.2, 0) is 19.1 Å². The van der Waals surface area contributed by atoms with Crippen molar-refractivity contribution in [2.75, 3.05) is 6.61 Å². The molecule has 2 aliphatic heterocycles. The fraction of sp³-hybridized carbons (Fsp3) is 0.778. The first-order valence-electron chi connectivity index (χ1n) is 12.9. The number of hydrogen-bond acceptors (Lipinski definition) is 7. The number of aliphatic hydroxyl groups is 3. The molecule has 186 valence electrons. The minimum absolute atomic E-state index is 0.00529. The molecule has 0 radical (unpaired) electrons. The van der Waals surface area contributed by atoms with E-state index in [1.807, 2.05) is 6.92 Å². The summed E-state index contributed by atoms with van der Waals surface area (Å²) < 4.78 is 11.9. The van der Waals surface area contributed by atoms with Crippen molar-refractivity contribution < 1.29 is 34.4 Å². The highest BCUT2D eigenvalue weighted by atomic mass is 16.6. The zero-order valence-electron chi connectivity index (χ0n) is 20.2. The van der Waals surface area contributed by atoms with Crippen LogP contribution in [0.1, 0.15) is 59.3 Å². The molecule has 6 aliphatic rings. The Hall–Kier alpha value is -1.54. The summed E-state index contributed by atoms with van der Waals surface area (Å²) in [7, 11) is 0. The van der Waals surface area contributed by atoms with Crippen LogP contribution in [0, 0.1) is 34.5 Å². The normalized spacial score (nSPS) is 54.2. The van der Waals surface area contributed by atoms with Gasteiger partial charge in [-0.15, -0.1) is 0 Å². The number of ether oxygens (including phenoxy) is 2. The van der Waals surface area contributed by atoms with Crippen LogP contribution >= 0.6 is 0 Å². The predicted molar refractivity (Wildman–Crippen MR) is 121 cm³/mol. The lowest BCUT2D eigenvalue weighted by Crippen LogP contribution is -2.68. The van der Waals surface area contributed by atoms with Crippen LogP contribution in [0.2, 0.25) is 0 Å². The van der Waals surface area contributed by atoms with Crippen LogP contribution in [-0.4, -0.2) is 63.2 Å². The summed E-state index contributed by atoms with van der Waals surface area (Å²) in [6.07, 6.45) is 7.90. The molecule has 1 saturated heterocycles. The Kier molecular flexibility index (Phi) is 4.73. The van der Waals surface area contributed by atoms with Crippen LogP contribution in [0.5, 0.6) is 0 Å². The molecule has 0 amide bonds. The maximum atomic E-state index is 13.3. The Bertz CT molecular complexity index is 1000. The number of carbonyl (C=O) groups excluding carboxylic acids is 2. The van der Waals surface area contributed by atoms with E-state index in [9.17, 15) is 24.9 Å². The summed E-state index contributed by atoms with van der Waals surface area (Å²) in [5.74, 6) is -0.331. The molecule has 3 N–H and O–H groups in total. The lowest BCUT2D eigenvalue weighted by atomic mass is 9.43. The molecule has 7 heteroatoms. The second-order valence-electron chi connectivity index (χ2n) is 12.2. The monoisotopic (exact) mass is 472 g/mol. The third-order valence-corrected chi connectivity index (χ3v) is 11.4. The number of ketones is 1. The first kappa shape index (κ1) is 22.9. The van der Waals surface area contributed by atoms with Gasteiger partial charge in [0.05, 0.1) is 29.3 Å². The second-order valence-corrected chi connectivity index (χ2v) is 12.2. The molecule has 4 fully saturated rings. The average molecular weight is 473 g/mol. The molecule has 0 bridgehead atoms. The molecule has 6 rings (SSSR count). The summed E-state index contributed by atoms with van der Waals surface area (Å²) in [5, 5.41) is 32.6. The maximum absolute atomic E-state index is 13.3. The van der Waals surface area contributed by atoms with Crippen LogP contribution in [0.25, 0.3) is 0 Å². The van der Waals surface area contributed by atoms with E-state index in [2.05, 4.69) is 13.8 Å². The highest BCUT2D eigenvalue weighted by molar-refractivity contribution is 5.98. The molecule has 1 spiro atoms. The van der Waals surface area contributed by atoms with E-state index in [0.717, 1.165) is 19.3 Å². The number of rotatable bonds is 3. The van der Waals surface area contributed by atoms with Crippen molar-refractivity contribution in [3.63, 3.8) is 0 Å². The van der Waals surface area contributed by atoms with Crippen molar-refractivity contribution in [1.29, 1.82) is 0 Å². The first-order chi connectivity index (χ1) is 16.0. The molecule has 0 aromatic rings. The van der Waals surface area contributed by atoms with Crippen molar-refractivity contribution in [3.8, 4) is 0 Å². The molecule has 34 heavy (non-hydrogen) atoms. The van der Waals surface area contributed by atoms with Crippen LogP contribution in [0.4, 0.5) is 0 Å². The van der Waals surface area contributed by atoms with Gasteiger partial charge in [-0.1, -0.05) is 19.9 Å². The quantitative estimate of drug-likeness (QED) is 0.425. The van der Waals surface area contributed by atoms with Gasteiger partial charge in [0, 0.05) is 6.42 Å². The molecular weight excluding hydrogens is 436 g/mol. The molecule has 3 saturated carbocycles. The van der Waals surface area contributed by atoms with Crippen molar-refractivity contribution in [2.24, 2.45) is 34.5 Å². The number of hydrogen-bond donors (Lipinski definition) is 3. The van der Waals surface area contributed by atoms with Crippen LogP contribution in [0.3, 0.4) is 0 Å². The first-order valence-corrected chi connectivity index (χ1v) is 12.9. The number of carbonyl (C=O) groups is 2. The maximum Gasteiger partial charge on any atom is 0.336 e. The molecule has 11 atom stereocenters. The summed E-state index contributed by atoms with van der Waals surface area (Å²) in [4.78, 5) is 25.6. The summed E-state index contributed by atoms with van der Waals surface area (Å²) in [6.45, 7) is 5.95. The fourth-order valence-corrected chi connectivity index (χ4v) is 9.35. The molecular formula is C27H36O7. The van der Waals surface area contributed by atoms with Crippen LogP contribution < -0.4 is 0 Å². The van der Waals surface area contributed by atoms with Gasteiger partial charge in [0.2, 0.25) is 0 Å². The zero-order valence-corrected chi connectivity index (χ0v) is 20.2. The van der Waals surface area contributed by atoms with E-state index in [4.69, 9.17) is 9.47 Å². The van der Waals surface area contributed by atoms with Gasteiger partial charge in [-0.25, -0.2) is 4.79 Å². The average Bonchev–Trinajstić information content (AvgIpc) is 3.48. The number of esters is 1. The van der Waals surface area contributed by atoms with Gasteiger partial charge in [0.1, 0.15) is 17.8 Å². The van der Waals surface area contributed by atoms with Gasteiger partial charge < -0.3 is 24.8 Å². The number of fused-ring (bicyclic) bond motifs is 4. The third-order valence-electron chi connectivity index (χ3n) is 11.4. The van der Waals surface area contributed by atoms with Gasteiger partial charge in [0.15, 0.2) is 5.78 Å². The van der Waals surface area contributed by atoms with Gasteiger partial charge in [-0.3, -0.25) is 4.79 Å². The number of cyclic esters (lactones) is 1. The minimum atomic E-state index is -0.937. The lowest BCUT2D eigenvalue weighted by molar-refractivity contribution is -0.204. The van der Waals surface area contributed by atoms with Crippen molar-refractivity contribution in [3.05, 3.63) is 23.8 Å². The SMILES string of the molecule is C[C@@H]([C@H]1CC[C@@]2(O)[C@@H]3C[C@H]4O[C@]45[C@@H](O)C=CC(=O)[C@]5(C)[C@H]3CC[C@]12C)[C@H]1CC=C(CO)C(=O)O1. The summed E-state index contributed by atoms with van der Waals surface area (Å²) >= 11 is 0. The van der Waals surface area contributed by atoms with Gasteiger partial charge in [0.25, 0.3) is 0 Å². The zero-order chi connectivity index (χ0) is 24.3. The molecule has 2 heterocycles. The Morgan fingerprint density at radius 1 is 1.18 bits per heavy atom. The van der Waals surface area contributed by atoms with E-state index in [0.29, 0.717) is 24.8 Å². The summed E-state index contributed by atoms with van der Waals surface area (Å²) in [5.41, 5.74) is -2.66. The number of aliphatic hydroxyl groups excluding tert-OH is 2.